The number of nitrogens with one attached hydrogen (secondary N) is 1. The monoisotopic (exact) mass is 311 g/mol. The molecule has 18 heavy (non-hydrogen) atoms. The molecule has 0 bridgehead atoms. The third-order valence-electron chi connectivity index (χ3n) is 3.42. The van der Waals surface area contributed by atoms with Crippen molar-refractivity contribution in [2.24, 2.45) is 0 Å². The van der Waals surface area contributed by atoms with E-state index in [1.165, 1.54) is 32.2 Å². The van der Waals surface area contributed by atoms with Crippen molar-refractivity contribution >= 4 is 21.7 Å². The van der Waals surface area contributed by atoms with E-state index >= 15 is 0 Å². The van der Waals surface area contributed by atoms with Crippen molar-refractivity contribution in [1.82, 2.24) is 10.3 Å². The molecule has 0 spiro atoms. The molecule has 1 aliphatic rings. The average Bonchev–Trinajstić information content (AvgIpc) is 2.88. The summed E-state index contributed by atoms with van der Waals surface area (Å²) in [6.07, 6.45) is 6.94. The summed E-state index contributed by atoms with van der Waals surface area (Å²) < 4.78 is 1.04. The molecule has 1 unspecified atom stereocenters. The lowest BCUT2D eigenvalue weighted by Crippen LogP contribution is -2.38. The normalized spacial score (nSPS) is 19.1. The fourth-order valence-corrected chi connectivity index (χ4v) is 2.62. The first-order valence-corrected chi connectivity index (χ1v) is 7.69. The zero-order chi connectivity index (χ0) is 12.8. The number of pyridine rings is 1. The molecular weight excluding hydrogens is 290 g/mol. The van der Waals surface area contributed by atoms with Crippen LogP contribution in [0.2, 0.25) is 0 Å². The molecule has 4 heteroatoms. The van der Waals surface area contributed by atoms with Crippen LogP contribution >= 0.6 is 15.9 Å². The van der Waals surface area contributed by atoms with Gasteiger partial charge in [0.1, 0.15) is 5.82 Å². The second-order valence-corrected chi connectivity index (χ2v) is 5.84. The van der Waals surface area contributed by atoms with Crippen LogP contribution in [-0.4, -0.2) is 30.7 Å². The summed E-state index contributed by atoms with van der Waals surface area (Å²) in [5, 5.41) is 3.57. The van der Waals surface area contributed by atoms with Crippen molar-refractivity contribution < 1.29 is 0 Å². The molecule has 1 fully saturated rings. The molecule has 2 rings (SSSR count). The molecule has 100 valence electrons. The van der Waals surface area contributed by atoms with E-state index in [1.54, 1.807) is 0 Å². The van der Waals surface area contributed by atoms with Crippen molar-refractivity contribution in [2.75, 3.05) is 24.5 Å². The number of hydrogen-bond acceptors (Lipinski definition) is 3. The lowest BCUT2D eigenvalue weighted by Gasteiger charge is -2.26. The summed E-state index contributed by atoms with van der Waals surface area (Å²) in [4.78, 5) is 6.94. The zero-order valence-corrected chi connectivity index (χ0v) is 12.6. The van der Waals surface area contributed by atoms with Gasteiger partial charge in [-0.1, -0.05) is 13.3 Å². The van der Waals surface area contributed by atoms with Gasteiger partial charge in [-0.15, -0.1) is 0 Å². The maximum Gasteiger partial charge on any atom is 0.128 e. The van der Waals surface area contributed by atoms with E-state index in [9.17, 15) is 0 Å². The Morgan fingerprint density at radius 1 is 1.50 bits per heavy atom. The first-order valence-electron chi connectivity index (χ1n) is 6.89. The molecule has 0 radical (unpaired) electrons. The average molecular weight is 312 g/mol. The van der Waals surface area contributed by atoms with Crippen molar-refractivity contribution in [3.05, 3.63) is 22.8 Å². The number of anilines is 1. The van der Waals surface area contributed by atoms with Crippen molar-refractivity contribution in [2.45, 2.75) is 38.6 Å². The van der Waals surface area contributed by atoms with E-state index in [1.807, 2.05) is 6.20 Å². The SMILES string of the molecule is CCCCN(CC1CCCN1)c1ccc(Br)cn1. The van der Waals surface area contributed by atoms with Crippen molar-refractivity contribution in [3.63, 3.8) is 0 Å². The minimum absolute atomic E-state index is 0.632. The Balaban J connectivity index is 2.00. The van der Waals surface area contributed by atoms with E-state index in [0.717, 1.165) is 23.4 Å². The summed E-state index contributed by atoms with van der Waals surface area (Å²) in [7, 11) is 0. The van der Waals surface area contributed by atoms with Gasteiger partial charge in [-0.25, -0.2) is 4.98 Å². The topological polar surface area (TPSA) is 28.2 Å². The van der Waals surface area contributed by atoms with Crippen LogP contribution in [0, 0.1) is 0 Å². The summed E-state index contributed by atoms with van der Waals surface area (Å²) in [5.74, 6) is 1.10. The Morgan fingerprint density at radius 3 is 3.00 bits per heavy atom. The van der Waals surface area contributed by atoms with Gasteiger partial charge in [0.25, 0.3) is 0 Å². The third-order valence-corrected chi connectivity index (χ3v) is 3.89. The highest BCUT2D eigenvalue weighted by molar-refractivity contribution is 9.10. The van der Waals surface area contributed by atoms with Gasteiger partial charge < -0.3 is 10.2 Å². The molecule has 0 saturated carbocycles. The molecule has 2 heterocycles. The Hall–Kier alpha value is -0.610. The Morgan fingerprint density at radius 2 is 2.39 bits per heavy atom. The maximum atomic E-state index is 4.52. The van der Waals surface area contributed by atoms with Crippen LogP contribution in [0.4, 0.5) is 5.82 Å². The molecular formula is C14H22BrN3. The largest absolute Gasteiger partial charge is 0.355 e. The number of aromatic nitrogens is 1. The number of hydrogen-bond donors (Lipinski definition) is 1. The standard InChI is InChI=1S/C14H22BrN3/c1-2-3-9-18(11-13-5-4-8-16-13)14-7-6-12(15)10-17-14/h6-7,10,13,16H,2-5,8-9,11H2,1H3. The van der Waals surface area contributed by atoms with Gasteiger partial charge in [0.2, 0.25) is 0 Å². The molecule has 0 aliphatic carbocycles. The summed E-state index contributed by atoms with van der Waals surface area (Å²) in [5.41, 5.74) is 0. The molecule has 1 aromatic rings. The predicted octanol–water partition coefficient (Wildman–Crippen LogP) is 3.20. The Labute approximate surface area is 118 Å². The second kappa shape index (κ2) is 7.10. The van der Waals surface area contributed by atoms with E-state index in [2.05, 4.69) is 50.2 Å². The van der Waals surface area contributed by atoms with Crippen molar-refractivity contribution in [3.8, 4) is 0 Å². The zero-order valence-electron chi connectivity index (χ0n) is 11.0. The highest BCUT2D eigenvalue weighted by Crippen LogP contribution is 2.17. The van der Waals surface area contributed by atoms with E-state index in [-0.39, 0.29) is 0 Å². The molecule has 1 aliphatic heterocycles. The van der Waals surface area contributed by atoms with Crippen molar-refractivity contribution in [1.29, 1.82) is 0 Å². The molecule has 1 aromatic heterocycles. The minimum Gasteiger partial charge on any atom is -0.355 e. The first kappa shape index (κ1) is 13.8. The molecule has 1 atom stereocenters. The van der Waals surface area contributed by atoms with Crippen LogP contribution in [0.25, 0.3) is 0 Å². The van der Waals surface area contributed by atoms with E-state index < -0.39 is 0 Å². The van der Waals surface area contributed by atoms with E-state index in [0.29, 0.717) is 6.04 Å². The van der Waals surface area contributed by atoms with Crippen LogP contribution in [0.3, 0.4) is 0 Å². The molecule has 0 amide bonds. The fraction of sp³-hybridized carbons (Fsp3) is 0.643. The highest BCUT2D eigenvalue weighted by atomic mass is 79.9. The minimum atomic E-state index is 0.632. The van der Waals surface area contributed by atoms with Crippen LogP contribution < -0.4 is 10.2 Å². The first-order chi connectivity index (χ1) is 8.79. The smallest absolute Gasteiger partial charge is 0.128 e. The fourth-order valence-electron chi connectivity index (χ4n) is 2.38. The second-order valence-electron chi connectivity index (χ2n) is 4.93. The Kier molecular flexibility index (Phi) is 5.45. The van der Waals surface area contributed by atoms with Gasteiger partial charge in [-0.3, -0.25) is 0 Å². The molecule has 0 aromatic carbocycles. The van der Waals surface area contributed by atoms with Crippen LogP contribution in [-0.2, 0) is 0 Å². The lowest BCUT2D eigenvalue weighted by molar-refractivity contribution is 0.569. The summed E-state index contributed by atoms with van der Waals surface area (Å²) >= 11 is 3.44. The van der Waals surface area contributed by atoms with Crippen LogP contribution in [0.5, 0.6) is 0 Å². The third kappa shape index (κ3) is 3.95. The van der Waals surface area contributed by atoms with Gasteiger partial charge in [-0.2, -0.15) is 0 Å². The van der Waals surface area contributed by atoms with Crippen LogP contribution in [0.15, 0.2) is 22.8 Å². The number of unbranched alkanes of at least 4 members (excludes halogenated alkanes) is 1. The number of nitrogens with zero attached hydrogens (tertiary/aromatic N) is 2. The van der Waals surface area contributed by atoms with Gasteiger partial charge in [-0.05, 0) is 53.9 Å². The van der Waals surface area contributed by atoms with Gasteiger partial charge in [0.05, 0.1) is 0 Å². The van der Waals surface area contributed by atoms with E-state index in [4.69, 9.17) is 0 Å². The molecule has 3 nitrogen and oxygen atoms in total. The summed E-state index contributed by atoms with van der Waals surface area (Å²) in [6.45, 7) is 5.58. The Bertz CT molecular complexity index is 347. The quantitative estimate of drug-likeness (QED) is 0.874. The van der Waals surface area contributed by atoms with Gasteiger partial charge in [0, 0.05) is 29.8 Å². The van der Waals surface area contributed by atoms with Gasteiger partial charge >= 0.3 is 0 Å². The molecule has 1 saturated heterocycles. The highest BCUT2D eigenvalue weighted by Gasteiger charge is 2.18. The number of rotatable bonds is 6. The maximum absolute atomic E-state index is 4.52. The predicted molar refractivity (Wildman–Crippen MR) is 80.1 cm³/mol. The number of halogens is 1. The molecule has 1 N–H and O–H groups in total. The lowest BCUT2D eigenvalue weighted by atomic mass is 10.2. The van der Waals surface area contributed by atoms with Crippen LogP contribution in [0.1, 0.15) is 32.6 Å². The summed E-state index contributed by atoms with van der Waals surface area (Å²) in [6, 6.07) is 4.81. The van der Waals surface area contributed by atoms with Gasteiger partial charge in [0.15, 0.2) is 0 Å².